The number of likely N-dealkylation sites (tertiary alicyclic amines) is 1. The number of carbonyl (C=O) groups excluding carboxylic acids is 3. The van der Waals surface area contributed by atoms with Crippen molar-refractivity contribution in [2.24, 2.45) is 0 Å². The third-order valence-corrected chi connectivity index (χ3v) is 8.85. The van der Waals surface area contributed by atoms with Crippen LogP contribution in [0.1, 0.15) is 65.2 Å². The van der Waals surface area contributed by atoms with Gasteiger partial charge >= 0.3 is 0 Å². The normalized spacial score (nSPS) is 23.7. The number of ether oxygens (including phenoxy) is 2. The predicted octanol–water partition coefficient (Wildman–Crippen LogP) is 3.54. The lowest BCUT2D eigenvalue weighted by molar-refractivity contribution is -0.136. The highest BCUT2D eigenvalue weighted by molar-refractivity contribution is 6.05. The van der Waals surface area contributed by atoms with Crippen LogP contribution in [0, 0.1) is 0 Å². The summed E-state index contributed by atoms with van der Waals surface area (Å²) in [5, 5.41) is 3.52. The molecule has 0 spiro atoms. The van der Waals surface area contributed by atoms with Gasteiger partial charge in [-0.3, -0.25) is 29.6 Å². The van der Waals surface area contributed by atoms with Gasteiger partial charge in [0, 0.05) is 68.4 Å². The average Bonchev–Trinajstić information content (AvgIpc) is 3.56. The highest BCUT2D eigenvalue weighted by Crippen LogP contribution is 2.32. The number of imide groups is 1. The van der Waals surface area contributed by atoms with Crippen LogP contribution >= 0.6 is 0 Å². The van der Waals surface area contributed by atoms with Crippen LogP contribution in [-0.2, 0) is 27.4 Å². The largest absolute Gasteiger partial charge is 0.489 e. The number of piperidine rings is 1. The van der Waals surface area contributed by atoms with Crippen LogP contribution in [0.15, 0.2) is 48.5 Å². The number of rotatable bonds is 6. The van der Waals surface area contributed by atoms with Crippen molar-refractivity contribution >= 4 is 28.6 Å². The zero-order valence-electron chi connectivity index (χ0n) is 23.0. The van der Waals surface area contributed by atoms with Gasteiger partial charge in [-0.15, -0.1) is 0 Å². The third-order valence-electron chi connectivity index (χ3n) is 8.85. The fraction of sp³-hybridized carbons (Fsp3) is 0.438. The molecule has 41 heavy (non-hydrogen) atoms. The highest BCUT2D eigenvalue weighted by Gasteiger charge is 2.39. The molecule has 7 rings (SSSR count). The summed E-state index contributed by atoms with van der Waals surface area (Å²) in [4.78, 5) is 45.7. The second-order valence-corrected chi connectivity index (χ2v) is 11.6. The van der Waals surface area contributed by atoms with E-state index in [0.717, 1.165) is 68.9 Å². The Morgan fingerprint density at radius 3 is 2.71 bits per heavy atom. The lowest BCUT2D eigenvalue weighted by Gasteiger charge is -2.29. The maximum atomic E-state index is 13.0. The second-order valence-electron chi connectivity index (χ2n) is 11.6. The van der Waals surface area contributed by atoms with Gasteiger partial charge in [-0.05, 0) is 73.2 Å². The van der Waals surface area contributed by atoms with Gasteiger partial charge in [0.05, 0.1) is 5.52 Å². The molecule has 3 aromatic rings. The zero-order chi connectivity index (χ0) is 27.9. The van der Waals surface area contributed by atoms with Gasteiger partial charge in [0.25, 0.3) is 5.91 Å². The molecule has 5 heterocycles. The topological polar surface area (TPSA) is 101 Å². The maximum Gasteiger partial charge on any atom is 0.255 e. The molecule has 0 aliphatic carbocycles. The summed E-state index contributed by atoms with van der Waals surface area (Å²) in [6.45, 7) is 4.63. The first kappa shape index (κ1) is 26.1. The van der Waals surface area contributed by atoms with E-state index >= 15 is 0 Å². The lowest BCUT2D eigenvalue weighted by atomic mass is 9.95. The molecule has 1 aromatic heterocycles. The van der Waals surface area contributed by atoms with E-state index < -0.39 is 11.9 Å². The van der Waals surface area contributed by atoms with Gasteiger partial charge in [-0.1, -0.05) is 12.1 Å². The minimum absolute atomic E-state index is 0.0700. The first-order chi connectivity index (χ1) is 20.0. The number of amides is 3. The molecule has 3 saturated heterocycles. The molecule has 3 amide bonds. The van der Waals surface area contributed by atoms with Gasteiger partial charge in [0.1, 0.15) is 17.9 Å². The average molecular weight is 555 g/mol. The molecule has 0 bridgehead atoms. The molecule has 0 saturated carbocycles. The summed E-state index contributed by atoms with van der Waals surface area (Å²) in [5.41, 5.74) is 4.94. The van der Waals surface area contributed by atoms with Crippen molar-refractivity contribution in [2.75, 3.05) is 26.3 Å². The molecule has 4 aliphatic heterocycles. The lowest BCUT2D eigenvalue weighted by Crippen LogP contribution is -2.52. The fourth-order valence-corrected chi connectivity index (χ4v) is 6.62. The number of benzene rings is 2. The van der Waals surface area contributed by atoms with Crippen molar-refractivity contribution in [1.82, 2.24) is 20.1 Å². The van der Waals surface area contributed by atoms with E-state index in [2.05, 4.69) is 40.5 Å². The Balaban J connectivity index is 0.960. The minimum atomic E-state index is -0.611. The quantitative estimate of drug-likeness (QED) is 0.465. The molecule has 9 nitrogen and oxygen atoms in total. The van der Waals surface area contributed by atoms with E-state index in [1.807, 2.05) is 12.1 Å². The Morgan fingerprint density at radius 2 is 1.85 bits per heavy atom. The summed E-state index contributed by atoms with van der Waals surface area (Å²) >= 11 is 0. The van der Waals surface area contributed by atoms with Gasteiger partial charge in [0.2, 0.25) is 11.8 Å². The SMILES string of the molecule is O=C1CC[C@H](N2Cc3cc(O[C@H]4CCN(Cc5ccc6nc(C7CCOCC7)ccc6c5)C4)ccc3C2=O)C(=O)N1. The molecular formula is C32H34N4O5. The molecule has 212 valence electrons. The van der Waals surface area contributed by atoms with E-state index in [9.17, 15) is 14.4 Å². The van der Waals surface area contributed by atoms with Crippen LogP contribution < -0.4 is 10.1 Å². The summed E-state index contributed by atoms with van der Waals surface area (Å²) in [5.74, 6) is 0.385. The second kappa shape index (κ2) is 10.9. The Kier molecular flexibility index (Phi) is 6.92. The number of hydrogen-bond acceptors (Lipinski definition) is 7. The highest BCUT2D eigenvalue weighted by atomic mass is 16.5. The van der Waals surface area contributed by atoms with E-state index in [0.29, 0.717) is 24.4 Å². The van der Waals surface area contributed by atoms with Gasteiger partial charge in [0.15, 0.2) is 0 Å². The maximum absolute atomic E-state index is 13.0. The van der Waals surface area contributed by atoms with Crippen LogP contribution in [-0.4, -0.2) is 71.0 Å². The molecule has 1 N–H and O–H groups in total. The smallest absolute Gasteiger partial charge is 0.255 e. The van der Waals surface area contributed by atoms with E-state index in [1.54, 1.807) is 11.0 Å². The number of nitrogens with zero attached hydrogens (tertiary/aromatic N) is 3. The Hall–Kier alpha value is -3.82. The summed E-state index contributed by atoms with van der Waals surface area (Å²) in [7, 11) is 0. The number of carbonyl (C=O) groups is 3. The standard InChI is InChI=1S/C32H34N4O5/c37-30-8-7-29(31(38)34-30)36-18-23-16-24(3-4-26(23)32(36)39)41-25-9-12-35(19-25)17-20-1-5-28-22(15-20)2-6-27(33-28)21-10-13-40-14-11-21/h1-6,15-16,21,25,29H,7-14,17-19H2,(H,34,37,38)/t25-,29-/m0/s1. The van der Waals surface area contributed by atoms with Crippen molar-refractivity contribution in [1.29, 1.82) is 0 Å². The van der Waals surface area contributed by atoms with E-state index in [-0.39, 0.29) is 24.3 Å². The Morgan fingerprint density at radius 1 is 0.976 bits per heavy atom. The number of pyridine rings is 1. The zero-order valence-corrected chi connectivity index (χ0v) is 23.0. The molecule has 2 atom stereocenters. The first-order valence-corrected chi connectivity index (χ1v) is 14.6. The fourth-order valence-electron chi connectivity index (χ4n) is 6.62. The molecule has 0 radical (unpaired) electrons. The van der Waals surface area contributed by atoms with Crippen molar-refractivity contribution in [2.45, 2.75) is 63.3 Å². The van der Waals surface area contributed by atoms with E-state index in [4.69, 9.17) is 14.5 Å². The van der Waals surface area contributed by atoms with Crippen LogP contribution in [0.2, 0.25) is 0 Å². The van der Waals surface area contributed by atoms with Gasteiger partial charge in [-0.2, -0.15) is 0 Å². The van der Waals surface area contributed by atoms with Crippen LogP contribution in [0.5, 0.6) is 5.75 Å². The number of hydrogen-bond donors (Lipinski definition) is 1. The van der Waals surface area contributed by atoms with Gasteiger partial charge < -0.3 is 14.4 Å². The van der Waals surface area contributed by atoms with E-state index in [1.165, 1.54) is 16.6 Å². The summed E-state index contributed by atoms with van der Waals surface area (Å²) in [6.07, 6.45) is 3.69. The van der Waals surface area contributed by atoms with Crippen molar-refractivity contribution < 1.29 is 23.9 Å². The molecule has 4 aliphatic rings. The van der Waals surface area contributed by atoms with Crippen LogP contribution in [0.25, 0.3) is 10.9 Å². The monoisotopic (exact) mass is 554 g/mol. The van der Waals surface area contributed by atoms with Crippen LogP contribution in [0.3, 0.4) is 0 Å². The Labute approximate surface area is 238 Å². The Bertz CT molecular complexity index is 1520. The summed E-state index contributed by atoms with van der Waals surface area (Å²) < 4.78 is 11.9. The minimum Gasteiger partial charge on any atom is -0.489 e. The molecule has 2 aromatic carbocycles. The summed E-state index contributed by atoms with van der Waals surface area (Å²) in [6, 6.07) is 15.9. The van der Waals surface area contributed by atoms with Crippen molar-refractivity contribution in [3.8, 4) is 5.75 Å². The number of aromatic nitrogens is 1. The number of fused-ring (bicyclic) bond motifs is 2. The molecule has 0 unspecified atom stereocenters. The molecule has 3 fully saturated rings. The third kappa shape index (κ3) is 5.31. The molecule has 9 heteroatoms. The van der Waals surface area contributed by atoms with Crippen molar-refractivity contribution in [3.05, 3.63) is 70.9 Å². The van der Waals surface area contributed by atoms with Crippen LogP contribution in [0.4, 0.5) is 0 Å². The molecular weight excluding hydrogens is 520 g/mol. The number of nitrogens with one attached hydrogen (secondary N) is 1. The van der Waals surface area contributed by atoms with Crippen molar-refractivity contribution in [3.63, 3.8) is 0 Å². The predicted molar refractivity (Wildman–Crippen MR) is 151 cm³/mol. The first-order valence-electron chi connectivity index (χ1n) is 14.6. The van der Waals surface area contributed by atoms with Gasteiger partial charge in [-0.25, -0.2) is 0 Å².